The van der Waals surface area contributed by atoms with Gasteiger partial charge in [-0.3, -0.25) is 4.72 Å². The fraction of sp³-hybridized carbons (Fsp3) is 0.294. The molecule has 2 aromatic rings. The lowest BCUT2D eigenvalue weighted by molar-refractivity contribution is -0.376. The van der Waals surface area contributed by atoms with Gasteiger partial charge in [-0.05, 0) is 18.2 Å². The maximum absolute atomic E-state index is 13.7. The largest absolute Gasteiger partial charge is 0.430 e. The van der Waals surface area contributed by atoms with Crippen molar-refractivity contribution in [3.8, 4) is 0 Å². The average Bonchev–Trinajstić information content (AvgIpc) is 2.66. The van der Waals surface area contributed by atoms with Crippen LogP contribution in [0.3, 0.4) is 0 Å². The summed E-state index contributed by atoms with van der Waals surface area (Å²) < 4.78 is 144. The minimum absolute atomic E-state index is 0.168. The molecule has 2 aromatic carbocycles. The van der Waals surface area contributed by atoms with Crippen molar-refractivity contribution in [1.29, 1.82) is 0 Å². The first kappa shape index (κ1) is 24.8. The predicted octanol–water partition coefficient (Wildman–Crippen LogP) is 4.86. The Kier molecular flexibility index (Phi) is 6.31. The molecule has 14 heteroatoms. The number of hydrogen-bond acceptors (Lipinski definition) is 3. The average molecular weight is 481 g/mol. The van der Waals surface area contributed by atoms with Crippen LogP contribution >= 0.6 is 0 Å². The number of nitrogens with one attached hydrogen (secondary N) is 1. The van der Waals surface area contributed by atoms with Gasteiger partial charge < -0.3 is 5.11 Å². The number of hydrogen-bond donors (Lipinski definition) is 2. The lowest BCUT2D eigenvalue weighted by Crippen LogP contribution is -2.53. The third kappa shape index (κ3) is 4.59. The van der Waals surface area contributed by atoms with Crippen LogP contribution in [0, 0.1) is 0 Å². The summed E-state index contributed by atoms with van der Waals surface area (Å²) in [5.74, 6) is -4.18. The molecule has 0 aliphatic rings. The quantitative estimate of drug-likeness (QED) is 0.580. The van der Waals surface area contributed by atoms with Crippen molar-refractivity contribution in [3.63, 3.8) is 0 Å². The number of aliphatic hydroxyl groups is 1. The smallest absolute Gasteiger partial charge is 0.369 e. The molecule has 31 heavy (non-hydrogen) atoms. The number of rotatable bonds is 6. The van der Waals surface area contributed by atoms with E-state index in [1.807, 2.05) is 0 Å². The molecule has 0 heterocycles. The summed E-state index contributed by atoms with van der Waals surface area (Å²) in [6, 6.07) is 4.67. The Labute approximate surface area is 169 Å². The highest BCUT2D eigenvalue weighted by Crippen LogP contribution is 2.50. The first-order valence-electron chi connectivity index (χ1n) is 8.00. The van der Waals surface area contributed by atoms with E-state index in [-0.39, 0.29) is 12.1 Å². The Morgan fingerprint density at radius 1 is 0.806 bits per heavy atom. The lowest BCUT2D eigenvalue weighted by atomic mass is 9.92. The SMILES string of the molecule is O=S(=O)(Nc1ccc(C(O)(C(F)(F)F)C(F)(F)F)cc1)c1ccccc1C(F)(F)CF. The first-order valence-corrected chi connectivity index (χ1v) is 9.48. The minimum Gasteiger partial charge on any atom is -0.369 e. The summed E-state index contributed by atoms with van der Waals surface area (Å²) >= 11 is 0. The number of sulfonamides is 1. The molecule has 0 fully saturated rings. The van der Waals surface area contributed by atoms with Crippen molar-refractivity contribution in [2.45, 2.75) is 28.8 Å². The van der Waals surface area contributed by atoms with E-state index in [4.69, 9.17) is 0 Å². The molecule has 0 unspecified atom stereocenters. The molecule has 0 aliphatic carbocycles. The van der Waals surface area contributed by atoms with Crippen LogP contribution in [0.25, 0.3) is 0 Å². The van der Waals surface area contributed by atoms with Crippen molar-refractivity contribution >= 4 is 15.7 Å². The van der Waals surface area contributed by atoms with E-state index in [2.05, 4.69) is 0 Å². The van der Waals surface area contributed by atoms with Crippen LogP contribution in [-0.4, -0.2) is 32.6 Å². The van der Waals surface area contributed by atoms with Crippen LogP contribution in [0.5, 0.6) is 0 Å². The summed E-state index contributed by atoms with van der Waals surface area (Å²) in [6.07, 6.45) is -12.3. The number of alkyl halides is 9. The molecule has 0 aliphatic heterocycles. The molecule has 0 radical (unpaired) electrons. The Morgan fingerprint density at radius 3 is 1.74 bits per heavy atom. The number of benzene rings is 2. The zero-order chi connectivity index (χ0) is 23.9. The van der Waals surface area contributed by atoms with Crippen molar-refractivity contribution in [1.82, 2.24) is 0 Å². The van der Waals surface area contributed by atoms with Gasteiger partial charge in [-0.25, -0.2) is 12.8 Å². The fourth-order valence-electron chi connectivity index (χ4n) is 2.55. The van der Waals surface area contributed by atoms with Crippen molar-refractivity contribution in [3.05, 3.63) is 59.7 Å². The molecule has 4 nitrogen and oxygen atoms in total. The van der Waals surface area contributed by atoms with Gasteiger partial charge in [0.15, 0.2) is 6.67 Å². The van der Waals surface area contributed by atoms with E-state index < -0.39 is 62.3 Å². The van der Waals surface area contributed by atoms with E-state index in [9.17, 15) is 53.0 Å². The monoisotopic (exact) mass is 481 g/mol. The van der Waals surface area contributed by atoms with Crippen LogP contribution in [-0.2, 0) is 21.5 Å². The third-order valence-corrected chi connectivity index (χ3v) is 5.55. The second-order valence-corrected chi connectivity index (χ2v) is 7.87. The molecule has 0 bridgehead atoms. The Morgan fingerprint density at radius 2 is 1.29 bits per heavy atom. The van der Waals surface area contributed by atoms with Gasteiger partial charge >= 0.3 is 18.3 Å². The molecular weight excluding hydrogens is 469 g/mol. The van der Waals surface area contributed by atoms with E-state index in [0.717, 1.165) is 12.1 Å². The molecule has 2 N–H and O–H groups in total. The molecule has 0 aromatic heterocycles. The van der Waals surface area contributed by atoms with Gasteiger partial charge in [-0.1, -0.05) is 30.3 Å². The van der Waals surface area contributed by atoms with Gasteiger partial charge in [0.05, 0.1) is 4.90 Å². The van der Waals surface area contributed by atoms with E-state index in [1.165, 1.54) is 0 Å². The third-order valence-electron chi connectivity index (χ3n) is 4.11. The van der Waals surface area contributed by atoms with Crippen LogP contribution in [0.4, 0.5) is 45.2 Å². The van der Waals surface area contributed by atoms with Gasteiger partial charge in [0.25, 0.3) is 15.6 Å². The molecule has 2 rings (SSSR count). The summed E-state index contributed by atoms with van der Waals surface area (Å²) in [6.45, 7) is -2.22. The highest BCUT2D eigenvalue weighted by molar-refractivity contribution is 7.92. The van der Waals surface area contributed by atoms with Gasteiger partial charge in [0.1, 0.15) is 0 Å². The maximum Gasteiger partial charge on any atom is 0.430 e. The summed E-state index contributed by atoms with van der Waals surface area (Å²) in [5, 5.41) is 9.30. The Hall–Kier alpha value is -2.48. The van der Waals surface area contributed by atoms with Crippen LogP contribution in [0.15, 0.2) is 53.4 Å². The number of halogens is 9. The minimum atomic E-state index is -6.15. The van der Waals surface area contributed by atoms with Crippen LogP contribution < -0.4 is 4.72 Å². The second-order valence-electron chi connectivity index (χ2n) is 6.22. The van der Waals surface area contributed by atoms with Crippen molar-refractivity contribution in [2.75, 3.05) is 11.4 Å². The highest BCUT2D eigenvalue weighted by Gasteiger charge is 2.71. The van der Waals surface area contributed by atoms with Crippen LogP contribution in [0.2, 0.25) is 0 Å². The van der Waals surface area contributed by atoms with Crippen molar-refractivity contribution in [2.24, 2.45) is 0 Å². The molecule has 0 atom stereocenters. The zero-order valence-corrected chi connectivity index (χ0v) is 15.7. The zero-order valence-electron chi connectivity index (χ0n) is 14.9. The number of anilines is 1. The van der Waals surface area contributed by atoms with Crippen molar-refractivity contribution < 1.29 is 53.0 Å². The Balaban J connectivity index is 2.45. The predicted molar refractivity (Wildman–Crippen MR) is 89.6 cm³/mol. The summed E-state index contributed by atoms with van der Waals surface area (Å²) in [7, 11) is -4.85. The van der Waals surface area contributed by atoms with Gasteiger partial charge in [0.2, 0.25) is 0 Å². The summed E-state index contributed by atoms with van der Waals surface area (Å²) in [4.78, 5) is -1.05. The molecule has 172 valence electrons. The standard InChI is InChI=1S/C17H12F9NO3S/c18-9-14(19,20)12-3-1-2-4-13(12)31(29,30)27-11-7-5-10(6-8-11)15(28,16(21,22)23)17(24,25)26/h1-8,27-28H,9H2. The molecule has 0 saturated carbocycles. The topological polar surface area (TPSA) is 66.4 Å². The van der Waals surface area contributed by atoms with Gasteiger partial charge in [0, 0.05) is 16.8 Å². The first-order chi connectivity index (χ1) is 14.0. The maximum atomic E-state index is 13.7. The summed E-state index contributed by atoms with van der Waals surface area (Å²) in [5.41, 5.74) is -8.69. The highest BCUT2D eigenvalue weighted by atomic mass is 32.2. The molecular formula is C17H12F9NO3S. The van der Waals surface area contributed by atoms with E-state index >= 15 is 0 Å². The molecule has 0 saturated heterocycles. The molecule has 0 amide bonds. The van der Waals surface area contributed by atoms with Crippen LogP contribution in [0.1, 0.15) is 11.1 Å². The second kappa shape index (κ2) is 7.89. The van der Waals surface area contributed by atoms with E-state index in [1.54, 1.807) is 4.72 Å². The lowest BCUT2D eigenvalue weighted by Gasteiger charge is -2.32. The fourth-order valence-corrected chi connectivity index (χ4v) is 3.87. The normalized spacial score (nSPS) is 13.9. The van der Waals surface area contributed by atoms with Gasteiger partial charge in [-0.15, -0.1) is 0 Å². The molecule has 0 spiro atoms. The van der Waals surface area contributed by atoms with Gasteiger partial charge in [-0.2, -0.15) is 35.1 Å². The van der Waals surface area contributed by atoms with E-state index in [0.29, 0.717) is 24.3 Å². The Bertz CT molecular complexity index is 1020.